The van der Waals surface area contributed by atoms with Gasteiger partial charge in [-0.15, -0.1) is 0 Å². The van der Waals surface area contributed by atoms with E-state index in [1.165, 1.54) is 32.2 Å². The van der Waals surface area contributed by atoms with E-state index in [2.05, 4.69) is 0 Å². The molecule has 2 aliphatic carbocycles. The molecule has 2 bridgehead atoms. The van der Waals surface area contributed by atoms with Crippen LogP contribution in [0.15, 0.2) is 22.8 Å². The molecule has 16 nitrogen and oxygen atoms in total. The van der Waals surface area contributed by atoms with E-state index in [9.17, 15) is 39.0 Å². The van der Waals surface area contributed by atoms with Crippen molar-refractivity contribution in [2.75, 3.05) is 6.61 Å². The van der Waals surface area contributed by atoms with Gasteiger partial charge in [-0.05, 0) is 32.9 Å². The Bertz CT molecular complexity index is 1410. The van der Waals surface area contributed by atoms with Crippen molar-refractivity contribution in [2.24, 2.45) is 11.3 Å². The van der Waals surface area contributed by atoms with Gasteiger partial charge < -0.3 is 47.8 Å². The van der Waals surface area contributed by atoms with Gasteiger partial charge in [-0.25, -0.2) is 0 Å². The van der Waals surface area contributed by atoms with Crippen LogP contribution in [0.2, 0.25) is 0 Å². The molecule has 0 amide bonds. The molecule has 0 aromatic carbocycles. The Morgan fingerprint density at radius 3 is 1.81 bits per heavy atom. The van der Waals surface area contributed by atoms with E-state index in [0.29, 0.717) is 0 Å². The van der Waals surface area contributed by atoms with Crippen molar-refractivity contribution in [3.05, 3.63) is 24.2 Å². The van der Waals surface area contributed by atoms with Crippen LogP contribution in [0.3, 0.4) is 0 Å². The van der Waals surface area contributed by atoms with Gasteiger partial charge in [0.15, 0.2) is 24.4 Å². The monoisotopic (exact) mass is 668 g/mol. The van der Waals surface area contributed by atoms with E-state index < -0.39 is 114 Å². The smallest absolute Gasteiger partial charge is 0.313 e. The first-order chi connectivity index (χ1) is 21.7. The van der Waals surface area contributed by atoms with Crippen LogP contribution in [0.4, 0.5) is 0 Å². The lowest BCUT2D eigenvalue weighted by Gasteiger charge is -2.67. The highest BCUT2D eigenvalue weighted by molar-refractivity contribution is 5.73. The second kappa shape index (κ2) is 12.5. The fourth-order valence-electron chi connectivity index (χ4n) is 7.80. The quantitative estimate of drug-likeness (QED) is 0.267. The Morgan fingerprint density at radius 1 is 0.766 bits per heavy atom. The summed E-state index contributed by atoms with van der Waals surface area (Å²) in [7, 11) is 0. The maximum Gasteiger partial charge on any atom is 0.313 e. The molecule has 16 heteroatoms. The van der Waals surface area contributed by atoms with Crippen molar-refractivity contribution in [3.63, 3.8) is 0 Å². The second-order valence-corrected chi connectivity index (χ2v) is 12.8. The lowest BCUT2D eigenvalue weighted by molar-refractivity contribution is -0.385. The van der Waals surface area contributed by atoms with Crippen molar-refractivity contribution < 1.29 is 76.6 Å². The summed E-state index contributed by atoms with van der Waals surface area (Å²) in [6.45, 7) is 8.34. The molecular formula is C31H40O16. The lowest BCUT2D eigenvalue weighted by Crippen LogP contribution is -2.89. The molecule has 3 aliphatic rings. The number of fused-ring (bicyclic) bond motifs is 1. The molecule has 1 saturated heterocycles. The van der Waals surface area contributed by atoms with Crippen LogP contribution in [0.5, 0.6) is 0 Å². The van der Waals surface area contributed by atoms with E-state index in [1.54, 1.807) is 0 Å². The van der Waals surface area contributed by atoms with Gasteiger partial charge in [0, 0.05) is 34.6 Å². The van der Waals surface area contributed by atoms with E-state index >= 15 is 0 Å². The summed E-state index contributed by atoms with van der Waals surface area (Å²) in [5.74, 6) is -6.82. The van der Waals surface area contributed by atoms with Gasteiger partial charge in [-0.2, -0.15) is 0 Å². The first-order valence-corrected chi connectivity index (χ1v) is 14.9. The van der Waals surface area contributed by atoms with Crippen LogP contribution in [-0.4, -0.2) is 106 Å². The van der Waals surface area contributed by atoms with E-state index in [4.69, 9.17) is 37.6 Å². The predicted octanol–water partition coefficient (Wildman–Crippen LogP) is 0.313. The molecule has 1 spiro atoms. The van der Waals surface area contributed by atoms with E-state index in [-0.39, 0.29) is 5.76 Å². The summed E-state index contributed by atoms with van der Waals surface area (Å²) < 4.78 is 46.2. The van der Waals surface area contributed by atoms with Gasteiger partial charge >= 0.3 is 35.8 Å². The molecule has 1 aliphatic heterocycles. The van der Waals surface area contributed by atoms with Crippen LogP contribution in [0, 0.1) is 11.3 Å². The standard InChI is InChI=1S/C31H40O16/c1-14(32)41-13-30-26(45-18(5)36)22(42-15(2)33)21-24(38)31(30,47-28(21,6)7)29(8,39)25(44-17(4)35)23(43-16(3)34)27(30)46-20(37)12-19-10-9-11-40-19/h9-11,21-27,38-39H,12-13H2,1-8H3/t21?,22-,23-,24+,25-,26+,27-,29-,30+,31?/m0/s1. The summed E-state index contributed by atoms with van der Waals surface area (Å²) in [4.78, 5) is 76.7. The van der Waals surface area contributed by atoms with Gasteiger partial charge in [0.1, 0.15) is 41.5 Å². The first-order valence-electron chi connectivity index (χ1n) is 14.9. The largest absolute Gasteiger partial charge is 0.469 e. The predicted molar refractivity (Wildman–Crippen MR) is 152 cm³/mol. The number of ether oxygens (including phenoxy) is 7. The number of furan rings is 1. The lowest BCUT2D eigenvalue weighted by atomic mass is 9.45. The van der Waals surface area contributed by atoms with Crippen LogP contribution >= 0.6 is 0 Å². The molecule has 3 fully saturated rings. The third-order valence-electron chi connectivity index (χ3n) is 9.11. The Morgan fingerprint density at radius 2 is 1.30 bits per heavy atom. The molecule has 2 unspecified atom stereocenters. The zero-order chi connectivity index (χ0) is 35.3. The van der Waals surface area contributed by atoms with Crippen molar-refractivity contribution in [3.8, 4) is 0 Å². The number of carbonyl (C=O) groups is 6. The maximum atomic E-state index is 13.7. The van der Waals surface area contributed by atoms with Crippen molar-refractivity contribution in [2.45, 2.75) is 115 Å². The summed E-state index contributed by atoms with van der Waals surface area (Å²) in [5, 5.41) is 25.0. The average Bonchev–Trinajstić information content (AvgIpc) is 3.48. The fraction of sp³-hybridized carbons (Fsp3) is 0.677. The Hall–Kier alpha value is -4.02. The molecule has 47 heavy (non-hydrogen) atoms. The minimum atomic E-state index is -2.60. The van der Waals surface area contributed by atoms with Crippen LogP contribution in [0.25, 0.3) is 0 Å². The number of rotatable bonds is 9. The highest BCUT2D eigenvalue weighted by Gasteiger charge is 2.90. The van der Waals surface area contributed by atoms with Crippen molar-refractivity contribution in [1.82, 2.24) is 0 Å². The summed E-state index contributed by atoms with van der Waals surface area (Å²) in [6.07, 6.45) is -10.3. The average molecular weight is 669 g/mol. The molecule has 4 rings (SSSR count). The topological polar surface area (TPSA) is 221 Å². The number of hydrogen-bond acceptors (Lipinski definition) is 16. The third kappa shape index (κ3) is 5.86. The van der Waals surface area contributed by atoms with Crippen LogP contribution in [-0.2, 0) is 68.3 Å². The second-order valence-electron chi connectivity index (χ2n) is 12.8. The summed E-state index contributed by atoms with van der Waals surface area (Å²) >= 11 is 0. The van der Waals surface area contributed by atoms with Gasteiger partial charge in [0.25, 0.3) is 0 Å². The Kier molecular flexibility index (Phi) is 9.56. The SMILES string of the molecule is CC(=O)OC[C@]12[C@H](OC(C)=O)[C@@H](OC(C)=O)C3[C@@H](O)C1(OC3(C)C)[C@@](C)(O)[C@@H](OC(C)=O)[C@H](OC(C)=O)[C@@H]2OC(=O)Cc1ccco1. The van der Waals surface area contributed by atoms with Gasteiger partial charge in [-0.3, -0.25) is 28.8 Å². The zero-order valence-corrected chi connectivity index (χ0v) is 27.3. The number of carbonyl (C=O) groups excluding carboxylic acids is 6. The minimum absolute atomic E-state index is 0.151. The molecule has 2 saturated carbocycles. The fourth-order valence-corrected chi connectivity index (χ4v) is 7.80. The van der Waals surface area contributed by atoms with Crippen LogP contribution < -0.4 is 0 Å². The molecule has 0 radical (unpaired) electrons. The molecule has 1 aromatic rings. The normalized spacial score (nSPS) is 36.7. The molecule has 2 heterocycles. The van der Waals surface area contributed by atoms with Crippen LogP contribution in [0.1, 0.15) is 61.2 Å². The van der Waals surface area contributed by atoms with E-state index in [0.717, 1.165) is 41.5 Å². The van der Waals surface area contributed by atoms with Crippen molar-refractivity contribution in [1.29, 1.82) is 0 Å². The summed E-state index contributed by atoms with van der Waals surface area (Å²) in [6, 6.07) is 2.99. The number of aliphatic hydroxyl groups excluding tert-OH is 1. The Labute approximate surface area is 269 Å². The van der Waals surface area contributed by atoms with E-state index in [1.807, 2.05) is 0 Å². The zero-order valence-electron chi connectivity index (χ0n) is 27.3. The highest BCUT2D eigenvalue weighted by Crippen LogP contribution is 2.69. The molecule has 1 aromatic heterocycles. The highest BCUT2D eigenvalue weighted by atomic mass is 16.7. The molecule has 2 N–H and O–H groups in total. The third-order valence-corrected chi connectivity index (χ3v) is 9.11. The van der Waals surface area contributed by atoms with Gasteiger partial charge in [0.2, 0.25) is 0 Å². The maximum absolute atomic E-state index is 13.7. The minimum Gasteiger partial charge on any atom is -0.469 e. The van der Waals surface area contributed by atoms with Gasteiger partial charge in [0.05, 0.1) is 23.9 Å². The number of aliphatic hydroxyl groups is 2. The number of esters is 6. The molecule has 260 valence electrons. The molecular weight excluding hydrogens is 628 g/mol. The Balaban J connectivity index is 2.15. The molecule has 10 atom stereocenters. The number of hydrogen-bond donors (Lipinski definition) is 2. The first kappa shape index (κ1) is 35.8. The van der Waals surface area contributed by atoms with Crippen molar-refractivity contribution >= 4 is 35.8 Å². The summed E-state index contributed by atoms with van der Waals surface area (Å²) in [5.41, 5.74) is -9.09. The van der Waals surface area contributed by atoms with Gasteiger partial charge in [-0.1, -0.05) is 0 Å².